The van der Waals surface area contributed by atoms with Gasteiger partial charge in [0.25, 0.3) is 0 Å². The molecule has 0 heterocycles. The highest BCUT2D eigenvalue weighted by atomic mass is 16.6. The van der Waals surface area contributed by atoms with E-state index in [0.29, 0.717) is 6.29 Å². The zero-order valence-electron chi connectivity index (χ0n) is 7.34. The Labute approximate surface area is 72.1 Å². The number of carbonyl (C=O) groups is 2. The fourth-order valence-corrected chi connectivity index (χ4v) is 1.61. The minimum Gasteiger partial charge on any atom is -0.459 e. The second-order valence-electron chi connectivity index (χ2n) is 3.50. The Bertz CT molecular complexity index is 180. The van der Waals surface area contributed by atoms with E-state index in [1.165, 1.54) is 0 Å². The molecule has 0 unspecified atom stereocenters. The summed E-state index contributed by atoms with van der Waals surface area (Å²) in [6, 6.07) is 0. The van der Waals surface area contributed by atoms with Gasteiger partial charge in [0.2, 0.25) is 0 Å². The molecule has 0 atom stereocenters. The van der Waals surface area contributed by atoms with Crippen LogP contribution in [0.25, 0.3) is 0 Å². The van der Waals surface area contributed by atoms with Gasteiger partial charge in [0.05, 0.1) is 0 Å². The van der Waals surface area contributed by atoms with E-state index in [4.69, 9.17) is 4.74 Å². The number of rotatable bonds is 3. The van der Waals surface area contributed by atoms with Gasteiger partial charge in [0.1, 0.15) is 18.3 Å². The van der Waals surface area contributed by atoms with Gasteiger partial charge in [-0.25, -0.2) is 0 Å². The number of hydrogen-bond acceptors (Lipinski definition) is 3. The smallest absolute Gasteiger partial charge is 0.313 e. The van der Waals surface area contributed by atoms with Crippen LogP contribution in [0.5, 0.6) is 0 Å². The van der Waals surface area contributed by atoms with Crippen LogP contribution in [-0.2, 0) is 14.3 Å². The van der Waals surface area contributed by atoms with Gasteiger partial charge in [-0.3, -0.25) is 4.79 Å². The molecular weight excluding hydrogens is 156 g/mol. The Morgan fingerprint density at radius 1 is 1.50 bits per heavy atom. The molecule has 12 heavy (non-hydrogen) atoms. The summed E-state index contributed by atoms with van der Waals surface area (Å²) in [5.41, 5.74) is -0.292. The molecule has 0 N–H and O–H groups in total. The SMILES string of the molecule is CC1(OC(=O)CC=O)CCCC1. The molecule has 0 amide bonds. The number of ether oxygens (including phenoxy) is 1. The maximum Gasteiger partial charge on any atom is 0.313 e. The van der Waals surface area contributed by atoms with Crippen LogP contribution in [0.15, 0.2) is 0 Å². The van der Waals surface area contributed by atoms with Gasteiger partial charge < -0.3 is 9.53 Å². The van der Waals surface area contributed by atoms with Crippen molar-refractivity contribution in [1.29, 1.82) is 0 Å². The quantitative estimate of drug-likeness (QED) is 0.366. The third-order valence-electron chi connectivity index (χ3n) is 2.27. The Hall–Kier alpha value is -0.860. The van der Waals surface area contributed by atoms with Gasteiger partial charge in [0, 0.05) is 0 Å². The van der Waals surface area contributed by atoms with Crippen LogP contribution < -0.4 is 0 Å². The molecule has 3 nitrogen and oxygen atoms in total. The van der Waals surface area contributed by atoms with Crippen LogP contribution in [0.1, 0.15) is 39.0 Å². The average Bonchev–Trinajstić information content (AvgIpc) is 2.36. The fraction of sp³-hybridized carbons (Fsp3) is 0.778. The molecule has 1 fully saturated rings. The molecule has 0 radical (unpaired) electrons. The summed E-state index contributed by atoms with van der Waals surface area (Å²) in [5.74, 6) is -0.394. The monoisotopic (exact) mass is 170 g/mol. The van der Waals surface area contributed by atoms with Crippen molar-refractivity contribution in [3.63, 3.8) is 0 Å². The number of esters is 1. The Morgan fingerprint density at radius 3 is 2.58 bits per heavy atom. The van der Waals surface area contributed by atoms with E-state index >= 15 is 0 Å². The fourth-order valence-electron chi connectivity index (χ4n) is 1.61. The molecule has 0 aromatic carbocycles. The summed E-state index contributed by atoms with van der Waals surface area (Å²) in [5, 5.41) is 0. The summed E-state index contributed by atoms with van der Waals surface area (Å²) in [6.07, 6.45) is 4.56. The summed E-state index contributed by atoms with van der Waals surface area (Å²) in [4.78, 5) is 20.9. The standard InChI is InChI=1S/C9H14O3/c1-9(5-2-3-6-9)12-8(11)4-7-10/h7H,2-6H2,1H3. The minimum absolute atomic E-state index is 0.115. The van der Waals surface area contributed by atoms with Crippen molar-refractivity contribution >= 4 is 12.3 Å². The predicted octanol–water partition coefficient (Wildman–Crippen LogP) is 1.45. The van der Waals surface area contributed by atoms with Crippen molar-refractivity contribution in [2.75, 3.05) is 0 Å². The van der Waals surface area contributed by atoms with E-state index in [0.717, 1.165) is 25.7 Å². The molecule has 68 valence electrons. The maximum absolute atomic E-state index is 11.0. The van der Waals surface area contributed by atoms with Crippen molar-refractivity contribution in [3.05, 3.63) is 0 Å². The predicted molar refractivity (Wildman–Crippen MR) is 43.6 cm³/mol. The van der Waals surface area contributed by atoms with Gasteiger partial charge in [-0.15, -0.1) is 0 Å². The van der Waals surface area contributed by atoms with Crippen molar-refractivity contribution in [1.82, 2.24) is 0 Å². The number of aldehydes is 1. The second kappa shape index (κ2) is 3.70. The van der Waals surface area contributed by atoms with Crippen LogP contribution in [0.4, 0.5) is 0 Å². The zero-order valence-corrected chi connectivity index (χ0v) is 7.34. The molecule has 0 spiro atoms. The van der Waals surface area contributed by atoms with Crippen molar-refractivity contribution in [2.45, 2.75) is 44.6 Å². The zero-order chi connectivity index (χ0) is 9.03. The largest absolute Gasteiger partial charge is 0.459 e. The Kier molecular flexibility index (Phi) is 2.84. The molecule has 1 saturated carbocycles. The summed E-state index contributed by atoms with van der Waals surface area (Å²) in [6.45, 7) is 1.93. The minimum atomic E-state index is -0.394. The third kappa shape index (κ3) is 2.32. The van der Waals surface area contributed by atoms with E-state index in [-0.39, 0.29) is 12.0 Å². The molecule has 1 aliphatic rings. The van der Waals surface area contributed by atoms with E-state index < -0.39 is 5.97 Å². The third-order valence-corrected chi connectivity index (χ3v) is 2.27. The Balaban J connectivity index is 2.38. The molecule has 3 heteroatoms. The van der Waals surface area contributed by atoms with E-state index in [1.54, 1.807) is 0 Å². The average molecular weight is 170 g/mol. The summed E-state index contributed by atoms with van der Waals surface area (Å²) < 4.78 is 5.17. The highest BCUT2D eigenvalue weighted by Gasteiger charge is 2.32. The lowest BCUT2D eigenvalue weighted by molar-refractivity contribution is -0.157. The first-order valence-corrected chi connectivity index (χ1v) is 4.32. The van der Waals surface area contributed by atoms with E-state index in [9.17, 15) is 9.59 Å². The molecule has 0 saturated heterocycles. The first kappa shape index (κ1) is 9.23. The highest BCUT2D eigenvalue weighted by molar-refractivity contribution is 5.83. The van der Waals surface area contributed by atoms with Gasteiger partial charge in [-0.2, -0.15) is 0 Å². The van der Waals surface area contributed by atoms with Crippen LogP contribution in [0.2, 0.25) is 0 Å². The van der Waals surface area contributed by atoms with E-state index in [1.807, 2.05) is 6.92 Å². The first-order valence-electron chi connectivity index (χ1n) is 4.32. The van der Waals surface area contributed by atoms with Crippen LogP contribution in [-0.4, -0.2) is 17.9 Å². The number of carbonyl (C=O) groups excluding carboxylic acids is 2. The normalized spacial score (nSPS) is 20.4. The Morgan fingerprint density at radius 2 is 2.08 bits per heavy atom. The topological polar surface area (TPSA) is 43.4 Å². The molecular formula is C9H14O3. The molecule has 1 aliphatic carbocycles. The van der Waals surface area contributed by atoms with Gasteiger partial charge in [-0.1, -0.05) is 0 Å². The molecule has 0 bridgehead atoms. The van der Waals surface area contributed by atoms with Crippen molar-refractivity contribution < 1.29 is 14.3 Å². The van der Waals surface area contributed by atoms with E-state index in [2.05, 4.69) is 0 Å². The van der Waals surface area contributed by atoms with Gasteiger partial charge in [0.15, 0.2) is 0 Å². The first-order chi connectivity index (χ1) is 5.66. The summed E-state index contributed by atoms with van der Waals surface area (Å²) >= 11 is 0. The molecule has 0 aliphatic heterocycles. The summed E-state index contributed by atoms with van der Waals surface area (Å²) in [7, 11) is 0. The lowest BCUT2D eigenvalue weighted by Gasteiger charge is -2.23. The molecule has 0 aromatic rings. The maximum atomic E-state index is 11.0. The van der Waals surface area contributed by atoms with Crippen LogP contribution >= 0.6 is 0 Å². The number of hydrogen-bond donors (Lipinski definition) is 0. The van der Waals surface area contributed by atoms with Gasteiger partial charge >= 0.3 is 5.97 Å². The van der Waals surface area contributed by atoms with Crippen molar-refractivity contribution in [2.24, 2.45) is 0 Å². The molecule has 1 rings (SSSR count). The van der Waals surface area contributed by atoms with Crippen LogP contribution in [0, 0.1) is 0 Å². The highest BCUT2D eigenvalue weighted by Crippen LogP contribution is 2.32. The second-order valence-corrected chi connectivity index (χ2v) is 3.50. The van der Waals surface area contributed by atoms with Crippen LogP contribution in [0.3, 0.4) is 0 Å². The lowest BCUT2D eigenvalue weighted by atomic mass is 10.1. The van der Waals surface area contributed by atoms with Gasteiger partial charge in [-0.05, 0) is 32.6 Å². The van der Waals surface area contributed by atoms with Crippen molar-refractivity contribution in [3.8, 4) is 0 Å². The lowest BCUT2D eigenvalue weighted by Crippen LogP contribution is -2.28. The molecule has 0 aromatic heterocycles.